The number of hydrogen-bond donors (Lipinski definition) is 0. The minimum atomic E-state index is 0.414. The van der Waals surface area contributed by atoms with Gasteiger partial charge in [0, 0.05) is 9.85 Å². The van der Waals surface area contributed by atoms with E-state index in [9.17, 15) is 0 Å². The van der Waals surface area contributed by atoms with Gasteiger partial charge in [-0.25, -0.2) is 0 Å². The lowest BCUT2D eigenvalue weighted by molar-refractivity contribution is 0.287. The highest BCUT2D eigenvalue weighted by molar-refractivity contribution is 9.09. The van der Waals surface area contributed by atoms with Crippen molar-refractivity contribution >= 4 is 27.5 Å². The molecule has 1 aliphatic rings. The Balaban J connectivity index is 2.18. The van der Waals surface area contributed by atoms with E-state index >= 15 is 0 Å². The van der Waals surface area contributed by atoms with Gasteiger partial charge in [-0.3, -0.25) is 0 Å². The molecule has 0 aromatic heterocycles. The first kappa shape index (κ1) is 14.4. The van der Waals surface area contributed by atoms with Crippen LogP contribution in [0.25, 0.3) is 0 Å². The van der Waals surface area contributed by atoms with Gasteiger partial charge < -0.3 is 0 Å². The van der Waals surface area contributed by atoms with Crippen LogP contribution >= 0.6 is 27.5 Å². The Morgan fingerprint density at radius 1 is 1.11 bits per heavy atom. The third kappa shape index (κ3) is 3.11. The minimum Gasteiger partial charge on any atom is -0.0840 e. The molecule has 2 heteroatoms. The smallest absolute Gasteiger partial charge is 0.0452 e. The zero-order valence-electron chi connectivity index (χ0n) is 11.5. The lowest BCUT2D eigenvalue weighted by Crippen LogP contribution is -2.16. The second-order valence-corrected chi connectivity index (χ2v) is 7.27. The molecule has 1 aromatic rings. The Kier molecular flexibility index (Phi) is 4.77. The highest BCUT2D eigenvalue weighted by atomic mass is 79.9. The average Bonchev–Trinajstić information content (AvgIpc) is 2.34. The minimum absolute atomic E-state index is 0.414. The van der Waals surface area contributed by atoms with Crippen LogP contribution in [-0.2, 0) is 0 Å². The first-order chi connectivity index (χ1) is 8.49. The Bertz CT molecular complexity index is 419. The molecule has 18 heavy (non-hydrogen) atoms. The molecule has 1 saturated carbocycles. The predicted octanol–water partition coefficient (Wildman–Crippen LogP) is 6.22. The zero-order valence-corrected chi connectivity index (χ0v) is 13.8. The van der Waals surface area contributed by atoms with Crippen molar-refractivity contribution in [1.82, 2.24) is 0 Å². The fourth-order valence-electron chi connectivity index (χ4n) is 2.85. The number of aryl methyl sites for hydroxylation is 2. The molecule has 1 fully saturated rings. The van der Waals surface area contributed by atoms with E-state index in [0.717, 1.165) is 16.9 Å². The highest BCUT2D eigenvalue weighted by Gasteiger charge is 2.26. The van der Waals surface area contributed by atoms with E-state index in [2.05, 4.69) is 48.8 Å². The van der Waals surface area contributed by atoms with E-state index in [1.54, 1.807) is 0 Å². The van der Waals surface area contributed by atoms with E-state index < -0.39 is 0 Å². The molecule has 0 spiro atoms. The maximum atomic E-state index is 6.41. The molecule has 0 saturated heterocycles. The van der Waals surface area contributed by atoms with Crippen LogP contribution in [0, 0.1) is 25.7 Å². The van der Waals surface area contributed by atoms with E-state index in [4.69, 9.17) is 11.6 Å². The summed E-state index contributed by atoms with van der Waals surface area (Å²) in [5.74, 6) is 1.64. The van der Waals surface area contributed by atoms with E-state index in [0.29, 0.717) is 4.83 Å². The van der Waals surface area contributed by atoms with Crippen molar-refractivity contribution in [2.24, 2.45) is 11.8 Å². The molecule has 0 nitrogen and oxygen atoms in total. The monoisotopic (exact) mass is 328 g/mol. The van der Waals surface area contributed by atoms with Gasteiger partial charge >= 0.3 is 0 Å². The number of alkyl halides is 1. The van der Waals surface area contributed by atoms with Crippen molar-refractivity contribution in [3.63, 3.8) is 0 Å². The quantitative estimate of drug-likeness (QED) is 0.565. The summed E-state index contributed by atoms with van der Waals surface area (Å²) in [6.45, 7) is 6.65. The van der Waals surface area contributed by atoms with E-state index in [1.165, 1.54) is 42.4 Å². The highest BCUT2D eigenvalue weighted by Crippen LogP contribution is 2.44. The predicted molar refractivity (Wildman–Crippen MR) is 83.7 cm³/mol. The fourth-order valence-corrected chi connectivity index (χ4v) is 4.22. The number of hydrogen-bond acceptors (Lipinski definition) is 0. The van der Waals surface area contributed by atoms with Gasteiger partial charge in [-0.05, 0) is 61.3 Å². The first-order valence-electron chi connectivity index (χ1n) is 6.89. The SMILES string of the molecule is Cc1cc(Cl)c(C(Br)C2CCC(C)CC2)cc1C. The summed E-state index contributed by atoms with van der Waals surface area (Å²) in [7, 11) is 0. The summed E-state index contributed by atoms with van der Waals surface area (Å²) >= 11 is 10.3. The lowest BCUT2D eigenvalue weighted by Gasteiger charge is -2.30. The van der Waals surface area contributed by atoms with Crippen molar-refractivity contribution in [3.05, 3.63) is 33.8 Å². The van der Waals surface area contributed by atoms with Crippen LogP contribution < -0.4 is 0 Å². The first-order valence-corrected chi connectivity index (χ1v) is 8.19. The molecule has 1 atom stereocenters. The third-order valence-electron chi connectivity index (χ3n) is 4.38. The van der Waals surface area contributed by atoms with Gasteiger partial charge in [0.1, 0.15) is 0 Å². The van der Waals surface area contributed by atoms with Crippen LogP contribution in [0.1, 0.15) is 54.1 Å². The standard InChI is InChI=1S/C16H22BrCl/c1-10-4-6-13(7-5-10)16(17)14-8-11(2)12(3)9-15(14)18/h8-10,13,16H,4-7H2,1-3H3. The second-order valence-electron chi connectivity index (χ2n) is 5.88. The largest absolute Gasteiger partial charge is 0.0840 e. The molecule has 100 valence electrons. The van der Waals surface area contributed by atoms with E-state index in [-0.39, 0.29) is 0 Å². The molecule has 1 unspecified atom stereocenters. The van der Waals surface area contributed by atoms with Crippen LogP contribution in [0.4, 0.5) is 0 Å². The van der Waals surface area contributed by atoms with Crippen molar-refractivity contribution in [1.29, 1.82) is 0 Å². The van der Waals surface area contributed by atoms with Gasteiger partial charge in [0.25, 0.3) is 0 Å². The summed E-state index contributed by atoms with van der Waals surface area (Å²) < 4.78 is 0. The molecule has 0 N–H and O–H groups in total. The normalized spacial score (nSPS) is 26.1. The molecule has 2 rings (SSSR count). The van der Waals surface area contributed by atoms with Crippen LogP contribution in [0.5, 0.6) is 0 Å². The maximum absolute atomic E-state index is 6.41. The number of halogens is 2. The second kappa shape index (κ2) is 5.96. The molecule has 0 aliphatic heterocycles. The summed E-state index contributed by atoms with van der Waals surface area (Å²) in [5, 5.41) is 0.915. The summed E-state index contributed by atoms with van der Waals surface area (Å²) in [6, 6.07) is 4.36. The zero-order chi connectivity index (χ0) is 13.3. The topological polar surface area (TPSA) is 0 Å². The van der Waals surface area contributed by atoms with Crippen LogP contribution in [0.3, 0.4) is 0 Å². The molecule has 0 amide bonds. The van der Waals surface area contributed by atoms with Crippen LogP contribution in [-0.4, -0.2) is 0 Å². The van der Waals surface area contributed by atoms with Gasteiger partial charge in [0.15, 0.2) is 0 Å². The van der Waals surface area contributed by atoms with Gasteiger partial charge in [-0.15, -0.1) is 0 Å². The summed E-state index contributed by atoms with van der Waals surface area (Å²) in [4.78, 5) is 0.414. The molecular weight excluding hydrogens is 308 g/mol. The molecule has 0 heterocycles. The Labute approximate surface area is 124 Å². The van der Waals surface area contributed by atoms with Crippen LogP contribution in [0.15, 0.2) is 12.1 Å². The average molecular weight is 330 g/mol. The van der Waals surface area contributed by atoms with Crippen molar-refractivity contribution in [2.45, 2.75) is 51.3 Å². The van der Waals surface area contributed by atoms with Gasteiger partial charge in [0.2, 0.25) is 0 Å². The summed E-state index contributed by atoms with van der Waals surface area (Å²) in [6.07, 6.45) is 5.35. The van der Waals surface area contributed by atoms with Crippen LogP contribution in [0.2, 0.25) is 5.02 Å². The number of benzene rings is 1. The van der Waals surface area contributed by atoms with Crippen molar-refractivity contribution in [2.75, 3.05) is 0 Å². The Morgan fingerprint density at radius 3 is 2.28 bits per heavy atom. The summed E-state index contributed by atoms with van der Waals surface area (Å²) in [5.41, 5.74) is 3.89. The van der Waals surface area contributed by atoms with Crippen molar-refractivity contribution < 1.29 is 0 Å². The molecular formula is C16H22BrCl. The van der Waals surface area contributed by atoms with Crippen molar-refractivity contribution in [3.8, 4) is 0 Å². The molecule has 0 bridgehead atoms. The number of rotatable bonds is 2. The van der Waals surface area contributed by atoms with Gasteiger partial charge in [-0.1, -0.05) is 53.4 Å². The molecule has 1 aliphatic carbocycles. The van der Waals surface area contributed by atoms with E-state index in [1.807, 2.05) is 0 Å². The Morgan fingerprint density at radius 2 is 1.67 bits per heavy atom. The Hall–Kier alpha value is -0.0100. The van der Waals surface area contributed by atoms with Gasteiger partial charge in [-0.2, -0.15) is 0 Å². The lowest BCUT2D eigenvalue weighted by atomic mass is 9.80. The maximum Gasteiger partial charge on any atom is 0.0452 e. The molecule has 1 aromatic carbocycles. The fraction of sp³-hybridized carbons (Fsp3) is 0.625. The molecule has 0 radical (unpaired) electrons. The third-order valence-corrected chi connectivity index (χ3v) is 5.95. The van der Waals surface area contributed by atoms with Gasteiger partial charge in [0.05, 0.1) is 0 Å².